The van der Waals surface area contributed by atoms with Crippen molar-refractivity contribution in [2.45, 2.75) is 24.5 Å². The van der Waals surface area contributed by atoms with Crippen molar-refractivity contribution >= 4 is 28.2 Å². The molecule has 0 saturated carbocycles. The Morgan fingerprint density at radius 2 is 2.24 bits per heavy atom. The minimum absolute atomic E-state index is 0.881. The molecule has 0 bridgehead atoms. The molecule has 1 aromatic carbocycles. The third kappa shape index (κ3) is 3.71. The maximum absolute atomic E-state index is 4.16. The van der Waals surface area contributed by atoms with Crippen LogP contribution in [-0.2, 0) is 5.75 Å². The van der Waals surface area contributed by atoms with Gasteiger partial charge in [-0.1, -0.05) is 29.0 Å². The van der Waals surface area contributed by atoms with Crippen LogP contribution in [0.3, 0.4) is 0 Å². The minimum atomic E-state index is 0.881. The number of nitrogens with zero attached hydrogens (tertiary/aromatic N) is 2. The van der Waals surface area contributed by atoms with Gasteiger partial charge in [0, 0.05) is 11.4 Å². The Balaban J connectivity index is 1.93. The Hall–Kier alpha value is -1.07. The van der Waals surface area contributed by atoms with Crippen LogP contribution in [0.5, 0.6) is 0 Å². The Kier molecular flexibility index (Phi) is 4.39. The van der Waals surface area contributed by atoms with Crippen LogP contribution in [0.4, 0.5) is 5.13 Å². The molecule has 0 saturated heterocycles. The molecular formula is C12H15N3S2. The highest BCUT2D eigenvalue weighted by Crippen LogP contribution is 2.26. The topological polar surface area (TPSA) is 37.8 Å². The fraction of sp³-hybridized carbons (Fsp3) is 0.333. The summed E-state index contributed by atoms with van der Waals surface area (Å²) in [5.41, 5.74) is 1.29. The van der Waals surface area contributed by atoms with Gasteiger partial charge in [-0.25, -0.2) is 0 Å². The smallest absolute Gasteiger partial charge is 0.205 e. The summed E-state index contributed by atoms with van der Waals surface area (Å²) in [7, 11) is 0. The van der Waals surface area contributed by atoms with Crippen molar-refractivity contribution in [1.82, 2.24) is 10.2 Å². The van der Waals surface area contributed by atoms with Crippen molar-refractivity contribution in [3.8, 4) is 0 Å². The predicted molar refractivity (Wildman–Crippen MR) is 74.8 cm³/mol. The Bertz CT molecular complexity index is 482. The molecule has 0 spiro atoms. The molecule has 1 N–H and O–H groups in total. The number of nitrogens with one attached hydrogen (secondary N) is 1. The Morgan fingerprint density at radius 1 is 1.35 bits per heavy atom. The highest BCUT2D eigenvalue weighted by atomic mass is 32.2. The molecule has 0 aliphatic rings. The van der Waals surface area contributed by atoms with Crippen molar-refractivity contribution in [1.29, 1.82) is 0 Å². The summed E-state index contributed by atoms with van der Waals surface area (Å²) in [6, 6.07) is 8.51. The monoisotopic (exact) mass is 265 g/mol. The van der Waals surface area contributed by atoms with Gasteiger partial charge in [0.05, 0.1) is 5.75 Å². The summed E-state index contributed by atoms with van der Waals surface area (Å²) in [5, 5.41) is 13.4. The van der Waals surface area contributed by atoms with Gasteiger partial charge in [0.1, 0.15) is 5.01 Å². The van der Waals surface area contributed by atoms with E-state index in [2.05, 4.69) is 53.6 Å². The van der Waals surface area contributed by atoms with Crippen LogP contribution in [0, 0.1) is 6.92 Å². The molecule has 0 fully saturated rings. The third-order valence-electron chi connectivity index (χ3n) is 2.15. The fourth-order valence-electron chi connectivity index (χ4n) is 1.38. The average Bonchev–Trinajstić information content (AvgIpc) is 2.75. The zero-order valence-electron chi connectivity index (χ0n) is 9.93. The van der Waals surface area contributed by atoms with E-state index in [1.165, 1.54) is 10.5 Å². The molecule has 0 unspecified atom stereocenters. The molecular weight excluding hydrogens is 250 g/mol. The summed E-state index contributed by atoms with van der Waals surface area (Å²) >= 11 is 3.43. The summed E-state index contributed by atoms with van der Waals surface area (Å²) in [5.74, 6) is 0.881. The molecule has 2 rings (SSSR count). The van der Waals surface area contributed by atoms with Gasteiger partial charge >= 0.3 is 0 Å². The van der Waals surface area contributed by atoms with Crippen molar-refractivity contribution in [3.05, 3.63) is 34.8 Å². The Labute approximate surface area is 110 Å². The second kappa shape index (κ2) is 6.02. The molecule has 3 nitrogen and oxygen atoms in total. The van der Waals surface area contributed by atoms with Gasteiger partial charge in [-0.05, 0) is 26.0 Å². The first-order valence-corrected chi connectivity index (χ1v) is 7.34. The fourth-order valence-corrected chi connectivity index (χ4v) is 3.19. The van der Waals surface area contributed by atoms with Crippen molar-refractivity contribution in [2.24, 2.45) is 0 Å². The van der Waals surface area contributed by atoms with Crippen LogP contribution in [0.2, 0.25) is 0 Å². The lowest BCUT2D eigenvalue weighted by Gasteiger charge is -1.99. The number of benzene rings is 1. The second-order valence-electron chi connectivity index (χ2n) is 3.64. The van der Waals surface area contributed by atoms with Gasteiger partial charge < -0.3 is 5.32 Å². The lowest BCUT2D eigenvalue weighted by molar-refractivity contribution is 1.03. The van der Waals surface area contributed by atoms with Crippen molar-refractivity contribution in [2.75, 3.05) is 11.9 Å². The summed E-state index contributed by atoms with van der Waals surface area (Å²) < 4.78 is 0. The number of hydrogen-bond acceptors (Lipinski definition) is 5. The molecule has 0 amide bonds. The van der Waals surface area contributed by atoms with Crippen LogP contribution in [-0.4, -0.2) is 16.7 Å². The van der Waals surface area contributed by atoms with Crippen molar-refractivity contribution in [3.63, 3.8) is 0 Å². The van der Waals surface area contributed by atoms with Crippen LogP contribution in [0.1, 0.15) is 17.5 Å². The third-order valence-corrected chi connectivity index (χ3v) is 4.22. The quantitative estimate of drug-likeness (QED) is 0.839. The molecule has 17 heavy (non-hydrogen) atoms. The number of thioether (sulfide) groups is 1. The SMILES string of the molecule is CCNc1nnc(CSc2cccc(C)c2)s1. The number of hydrogen-bond donors (Lipinski definition) is 1. The van der Waals surface area contributed by atoms with Gasteiger partial charge in [-0.15, -0.1) is 22.0 Å². The number of rotatable bonds is 5. The molecule has 0 aliphatic heterocycles. The van der Waals surface area contributed by atoms with E-state index in [1.807, 2.05) is 0 Å². The van der Waals surface area contributed by atoms with Gasteiger partial charge in [0.25, 0.3) is 0 Å². The van der Waals surface area contributed by atoms with Gasteiger partial charge in [-0.2, -0.15) is 0 Å². The molecule has 1 heterocycles. The van der Waals surface area contributed by atoms with E-state index in [9.17, 15) is 0 Å². The number of aryl methyl sites for hydroxylation is 1. The zero-order chi connectivity index (χ0) is 12.1. The first kappa shape index (κ1) is 12.4. The van der Waals surface area contributed by atoms with E-state index < -0.39 is 0 Å². The van der Waals surface area contributed by atoms with E-state index >= 15 is 0 Å². The van der Waals surface area contributed by atoms with E-state index in [-0.39, 0.29) is 0 Å². The first-order chi connectivity index (χ1) is 8.28. The number of aromatic nitrogens is 2. The second-order valence-corrected chi connectivity index (χ2v) is 5.75. The first-order valence-electron chi connectivity index (χ1n) is 5.53. The molecule has 2 aromatic rings. The molecule has 0 radical (unpaired) electrons. The summed E-state index contributed by atoms with van der Waals surface area (Å²) in [6.07, 6.45) is 0. The van der Waals surface area contributed by atoms with Crippen LogP contribution >= 0.6 is 23.1 Å². The molecule has 0 aliphatic carbocycles. The number of anilines is 1. The molecule has 1 aromatic heterocycles. The van der Waals surface area contributed by atoms with Crippen LogP contribution < -0.4 is 5.32 Å². The van der Waals surface area contributed by atoms with Gasteiger partial charge in [0.15, 0.2) is 0 Å². The highest BCUT2D eigenvalue weighted by Gasteiger charge is 2.03. The summed E-state index contributed by atoms with van der Waals surface area (Å²) in [4.78, 5) is 1.28. The van der Waals surface area contributed by atoms with E-state index in [1.54, 1.807) is 23.1 Å². The van der Waals surface area contributed by atoms with E-state index in [0.29, 0.717) is 0 Å². The largest absolute Gasteiger partial charge is 0.360 e. The summed E-state index contributed by atoms with van der Waals surface area (Å²) in [6.45, 7) is 5.06. The average molecular weight is 265 g/mol. The highest BCUT2D eigenvalue weighted by molar-refractivity contribution is 7.98. The predicted octanol–water partition coefficient (Wildman–Crippen LogP) is 3.57. The van der Waals surface area contributed by atoms with Gasteiger partial charge in [-0.3, -0.25) is 0 Å². The van der Waals surface area contributed by atoms with Crippen LogP contribution in [0.25, 0.3) is 0 Å². The normalized spacial score (nSPS) is 10.5. The maximum Gasteiger partial charge on any atom is 0.205 e. The van der Waals surface area contributed by atoms with E-state index in [4.69, 9.17) is 0 Å². The molecule has 5 heteroatoms. The zero-order valence-corrected chi connectivity index (χ0v) is 11.6. The molecule has 0 atom stereocenters. The van der Waals surface area contributed by atoms with Crippen LogP contribution in [0.15, 0.2) is 29.2 Å². The minimum Gasteiger partial charge on any atom is -0.360 e. The lowest BCUT2D eigenvalue weighted by atomic mass is 10.2. The van der Waals surface area contributed by atoms with E-state index in [0.717, 1.165) is 22.4 Å². The lowest BCUT2D eigenvalue weighted by Crippen LogP contribution is -1.94. The standard InChI is InChI=1S/C12H15N3S2/c1-3-13-12-15-14-11(17-12)8-16-10-6-4-5-9(2)7-10/h4-7H,3,8H2,1-2H3,(H,13,15). The maximum atomic E-state index is 4.16. The van der Waals surface area contributed by atoms with Crippen molar-refractivity contribution < 1.29 is 0 Å². The van der Waals surface area contributed by atoms with Gasteiger partial charge in [0.2, 0.25) is 5.13 Å². The molecule has 90 valence electrons. The Morgan fingerprint density at radius 3 is 3.00 bits per heavy atom.